The third kappa shape index (κ3) is 3.02. The van der Waals surface area contributed by atoms with E-state index in [1.165, 1.54) is 6.34 Å². The van der Waals surface area contributed by atoms with Gasteiger partial charge in [0, 0.05) is 13.1 Å². The Hall–Kier alpha value is -1.10. The minimum absolute atomic E-state index is 0.121. The van der Waals surface area contributed by atoms with Gasteiger partial charge in [-0.1, -0.05) is 0 Å². The standard InChI is InChI=1S/C8H15N3O2/c1-6(12)2-8(13)10-7-3-11(4-7)5-9/h5-7,9,12H,2-4H2,1H3,(H,10,13). The van der Waals surface area contributed by atoms with E-state index in [0.717, 1.165) is 0 Å². The van der Waals surface area contributed by atoms with E-state index in [9.17, 15) is 4.79 Å². The Labute approximate surface area is 77.2 Å². The largest absolute Gasteiger partial charge is 0.393 e. The maximum Gasteiger partial charge on any atom is 0.222 e. The molecule has 1 heterocycles. The van der Waals surface area contributed by atoms with Crippen molar-refractivity contribution in [3.8, 4) is 0 Å². The second-order valence-corrected chi connectivity index (χ2v) is 3.40. The van der Waals surface area contributed by atoms with E-state index in [0.29, 0.717) is 13.1 Å². The van der Waals surface area contributed by atoms with Gasteiger partial charge in [0.25, 0.3) is 0 Å². The molecule has 1 amide bonds. The number of amides is 1. The first-order valence-electron chi connectivity index (χ1n) is 4.34. The Morgan fingerprint density at radius 3 is 2.92 bits per heavy atom. The lowest BCUT2D eigenvalue weighted by atomic mass is 10.1. The Morgan fingerprint density at radius 1 is 1.85 bits per heavy atom. The van der Waals surface area contributed by atoms with Gasteiger partial charge in [-0.3, -0.25) is 10.2 Å². The Balaban J connectivity index is 2.13. The van der Waals surface area contributed by atoms with Gasteiger partial charge in [-0.05, 0) is 6.92 Å². The molecule has 5 nitrogen and oxygen atoms in total. The number of likely N-dealkylation sites (tertiary alicyclic amines) is 1. The quantitative estimate of drug-likeness (QED) is 0.395. The molecule has 1 atom stereocenters. The number of aliphatic hydroxyl groups excluding tert-OH is 1. The Bertz CT molecular complexity index is 200. The minimum atomic E-state index is -0.584. The average molecular weight is 185 g/mol. The molecule has 1 aliphatic heterocycles. The lowest BCUT2D eigenvalue weighted by molar-refractivity contribution is -0.124. The molecule has 0 saturated carbocycles. The lowest BCUT2D eigenvalue weighted by Gasteiger charge is -2.37. The third-order valence-corrected chi connectivity index (χ3v) is 1.94. The summed E-state index contributed by atoms with van der Waals surface area (Å²) in [6.45, 7) is 2.99. The van der Waals surface area contributed by atoms with E-state index >= 15 is 0 Å². The number of hydrogen-bond acceptors (Lipinski definition) is 3. The van der Waals surface area contributed by atoms with E-state index in [4.69, 9.17) is 10.5 Å². The van der Waals surface area contributed by atoms with Gasteiger partial charge in [0.1, 0.15) is 0 Å². The van der Waals surface area contributed by atoms with Crippen molar-refractivity contribution in [1.29, 1.82) is 5.41 Å². The molecule has 0 aliphatic carbocycles. The van der Waals surface area contributed by atoms with Crippen LogP contribution >= 0.6 is 0 Å². The van der Waals surface area contributed by atoms with Gasteiger partial charge in [0.15, 0.2) is 0 Å². The molecule has 13 heavy (non-hydrogen) atoms. The van der Waals surface area contributed by atoms with E-state index in [1.54, 1.807) is 11.8 Å². The van der Waals surface area contributed by atoms with Crippen molar-refractivity contribution < 1.29 is 9.90 Å². The molecule has 74 valence electrons. The fraction of sp³-hybridized carbons (Fsp3) is 0.750. The summed E-state index contributed by atoms with van der Waals surface area (Å²) in [4.78, 5) is 12.9. The predicted molar refractivity (Wildman–Crippen MR) is 48.6 cm³/mol. The zero-order valence-electron chi connectivity index (χ0n) is 7.66. The molecule has 1 unspecified atom stereocenters. The van der Waals surface area contributed by atoms with Crippen LogP contribution in [0.2, 0.25) is 0 Å². The van der Waals surface area contributed by atoms with Gasteiger partial charge in [-0.15, -0.1) is 0 Å². The van der Waals surface area contributed by atoms with E-state index < -0.39 is 6.10 Å². The second-order valence-electron chi connectivity index (χ2n) is 3.40. The zero-order chi connectivity index (χ0) is 9.84. The Morgan fingerprint density at radius 2 is 2.46 bits per heavy atom. The van der Waals surface area contributed by atoms with Crippen LogP contribution in [0.5, 0.6) is 0 Å². The number of rotatable bonds is 4. The van der Waals surface area contributed by atoms with Crippen molar-refractivity contribution in [1.82, 2.24) is 10.2 Å². The molecule has 1 saturated heterocycles. The summed E-state index contributed by atoms with van der Waals surface area (Å²) in [7, 11) is 0. The van der Waals surface area contributed by atoms with Gasteiger partial charge >= 0.3 is 0 Å². The number of hydrogen-bond donors (Lipinski definition) is 3. The molecule has 0 aromatic heterocycles. The smallest absolute Gasteiger partial charge is 0.222 e. The number of nitrogens with zero attached hydrogens (tertiary/aromatic N) is 1. The van der Waals surface area contributed by atoms with Crippen LogP contribution in [0.15, 0.2) is 0 Å². The third-order valence-electron chi connectivity index (χ3n) is 1.94. The molecule has 1 aliphatic rings. The van der Waals surface area contributed by atoms with Crippen molar-refractivity contribution in [2.24, 2.45) is 0 Å². The highest BCUT2D eigenvalue weighted by Crippen LogP contribution is 2.04. The molecule has 1 fully saturated rings. The summed E-state index contributed by atoms with van der Waals surface area (Å²) in [6, 6.07) is 0.146. The van der Waals surface area contributed by atoms with Gasteiger partial charge in [-0.25, -0.2) is 0 Å². The van der Waals surface area contributed by atoms with Crippen molar-refractivity contribution in [3.05, 3.63) is 0 Å². The summed E-state index contributed by atoms with van der Waals surface area (Å²) in [6.07, 6.45) is 0.831. The maximum atomic E-state index is 11.1. The monoisotopic (exact) mass is 185 g/mol. The van der Waals surface area contributed by atoms with Gasteiger partial charge < -0.3 is 15.3 Å². The number of nitrogens with one attached hydrogen (secondary N) is 2. The van der Waals surface area contributed by atoms with Gasteiger partial charge in [-0.2, -0.15) is 0 Å². The Kier molecular flexibility index (Phi) is 3.25. The second kappa shape index (κ2) is 4.23. The van der Waals surface area contributed by atoms with Crippen LogP contribution < -0.4 is 5.32 Å². The average Bonchev–Trinajstić information content (AvgIpc) is 1.94. The SMILES string of the molecule is CC(O)CC(=O)NC1CN(C=N)C1. The molecular formula is C8H15N3O2. The zero-order valence-corrected chi connectivity index (χ0v) is 7.66. The van der Waals surface area contributed by atoms with E-state index in [1.807, 2.05) is 0 Å². The van der Waals surface area contributed by atoms with E-state index in [-0.39, 0.29) is 18.4 Å². The van der Waals surface area contributed by atoms with Crippen LogP contribution in [-0.4, -0.2) is 47.5 Å². The van der Waals surface area contributed by atoms with Crippen LogP contribution in [0, 0.1) is 5.41 Å². The first-order valence-corrected chi connectivity index (χ1v) is 4.34. The van der Waals surface area contributed by atoms with Crippen molar-refractivity contribution >= 4 is 12.2 Å². The molecule has 5 heteroatoms. The fourth-order valence-corrected chi connectivity index (χ4v) is 1.26. The van der Waals surface area contributed by atoms with Crippen molar-refractivity contribution in [2.45, 2.75) is 25.5 Å². The highest BCUT2D eigenvalue weighted by molar-refractivity contribution is 5.77. The molecule has 3 N–H and O–H groups in total. The van der Waals surface area contributed by atoms with Crippen molar-refractivity contribution in [3.63, 3.8) is 0 Å². The highest BCUT2D eigenvalue weighted by Gasteiger charge is 2.25. The molecular weight excluding hydrogens is 170 g/mol. The normalized spacial score (nSPS) is 19.1. The van der Waals surface area contributed by atoms with Gasteiger partial charge in [0.2, 0.25) is 5.91 Å². The first-order chi connectivity index (χ1) is 6.11. The number of aliphatic hydroxyl groups is 1. The number of carbonyl (C=O) groups is 1. The summed E-state index contributed by atoms with van der Waals surface area (Å²) >= 11 is 0. The van der Waals surface area contributed by atoms with Crippen LogP contribution in [-0.2, 0) is 4.79 Å². The molecule has 1 rings (SSSR count). The van der Waals surface area contributed by atoms with Crippen LogP contribution in [0.4, 0.5) is 0 Å². The summed E-state index contributed by atoms with van der Waals surface area (Å²) < 4.78 is 0. The maximum absolute atomic E-state index is 11.1. The van der Waals surface area contributed by atoms with E-state index in [2.05, 4.69) is 5.32 Å². The van der Waals surface area contributed by atoms with Crippen LogP contribution in [0.3, 0.4) is 0 Å². The minimum Gasteiger partial charge on any atom is -0.393 e. The fourth-order valence-electron chi connectivity index (χ4n) is 1.26. The molecule has 0 aromatic rings. The van der Waals surface area contributed by atoms with Gasteiger partial charge in [0.05, 0.1) is 24.9 Å². The summed E-state index contributed by atoms with van der Waals surface area (Å²) in [5, 5.41) is 18.6. The highest BCUT2D eigenvalue weighted by atomic mass is 16.3. The summed E-state index contributed by atoms with van der Waals surface area (Å²) in [5.74, 6) is -0.121. The molecule has 0 aromatic carbocycles. The molecule has 0 spiro atoms. The predicted octanol–water partition coefficient (Wildman–Crippen LogP) is -0.835. The molecule has 0 radical (unpaired) electrons. The number of carbonyl (C=O) groups excluding carboxylic acids is 1. The topological polar surface area (TPSA) is 76.4 Å². The van der Waals surface area contributed by atoms with Crippen LogP contribution in [0.1, 0.15) is 13.3 Å². The lowest BCUT2D eigenvalue weighted by Crippen LogP contribution is -2.58. The van der Waals surface area contributed by atoms with Crippen LogP contribution in [0.25, 0.3) is 0 Å². The summed E-state index contributed by atoms with van der Waals surface area (Å²) in [5.41, 5.74) is 0. The molecule has 0 bridgehead atoms. The first kappa shape index (κ1) is 9.98. The van der Waals surface area contributed by atoms with Crippen molar-refractivity contribution in [2.75, 3.05) is 13.1 Å².